The van der Waals surface area contributed by atoms with Crippen LogP contribution in [0.15, 0.2) is 72.9 Å². The first kappa shape index (κ1) is 28.6. The highest BCUT2D eigenvalue weighted by molar-refractivity contribution is 5.93. The van der Waals surface area contributed by atoms with Gasteiger partial charge in [0.05, 0.1) is 24.6 Å². The van der Waals surface area contributed by atoms with Crippen molar-refractivity contribution in [3.63, 3.8) is 0 Å². The number of ether oxygens (including phenoxy) is 2. The maximum absolute atomic E-state index is 13.6. The van der Waals surface area contributed by atoms with E-state index < -0.39 is 23.8 Å². The number of benzene rings is 3. The first-order chi connectivity index (χ1) is 19.0. The van der Waals surface area contributed by atoms with Crippen LogP contribution in [0.1, 0.15) is 40.1 Å². The molecule has 1 atom stereocenters. The van der Waals surface area contributed by atoms with Crippen molar-refractivity contribution < 1.29 is 27.4 Å². The number of halogens is 3. The minimum Gasteiger partial charge on any atom is -0.485 e. The van der Waals surface area contributed by atoms with Gasteiger partial charge in [-0.1, -0.05) is 48.5 Å². The Labute approximate surface area is 230 Å². The van der Waals surface area contributed by atoms with Crippen molar-refractivity contribution >= 4 is 11.8 Å². The van der Waals surface area contributed by atoms with Crippen LogP contribution in [0.25, 0.3) is 22.5 Å². The van der Waals surface area contributed by atoms with Gasteiger partial charge in [-0.05, 0) is 44.8 Å². The van der Waals surface area contributed by atoms with E-state index in [-0.39, 0.29) is 22.7 Å². The zero-order valence-corrected chi connectivity index (χ0v) is 22.5. The number of alkyl halides is 3. The topological polar surface area (TPSA) is 90.6 Å². The smallest absolute Gasteiger partial charge is 0.416 e. The fourth-order valence-electron chi connectivity index (χ4n) is 4.31. The van der Waals surface area contributed by atoms with Crippen LogP contribution in [-0.4, -0.2) is 42.0 Å². The normalized spacial score (nSPS) is 12.3. The van der Waals surface area contributed by atoms with E-state index in [0.29, 0.717) is 17.0 Å². The summed E-state index contributed by atoms with van der Waals surface area (Å²) in [5.74, 6) is -0.544. The molecule has 0 saturated heterocycles. The lowest BCUT2D eigenvalue weighted by Gasteiger charge is -2.21. The van der Waals surface area contributed by atoms with Gasteiger partial charge < -0.3 is 20.1 Å². The SMILES string of the molecule is COC(=O)c1ccc(-c2nc(-c3ccc(CN(C)C)cc3)cnc2N)cc1OC(C)c1ccccc1C(F)(F)F. The van der Waals surface area contributed by atoms with Gasteiger partial charge in [0.15, 0.2) is 0 Å². The van der Waals surface area contributed by atoms with Gasteiger partial charge in [-0.3, -0.25) is 0 Å². The molecule has 0 saturated carbocycles. The molecule has 7 nitrogen and oxygen atoms in total. The van der Waals surface area contributed by atoms with Crippen LogP contribution in [-0.2, 0) is 17.5 Å². The highest BCUT2D eigenvalue weighted by Crippen LogP contribution is 2.38. The Kier molecular flexibility index (Phi) is 8.39. The Morgan fingerprint density at radius 3 is 2.35 bits per heavy atom. The van der Waals surface area contributed by atoms with Crippen LogP contribution in [0.5, 0.6) is 5.75 Å². The number of esters is 1. The second-order valence-corrected chi connectivity index (χ2v) is 9.47. The van der Waals surface area contributed by atoms with Gasteiger partial charge in [-0.2, -0.15) is 13.2 Å². The Bertz CT molecular complexity index is 1510. The summed E-state index contributed by atoms with van der Waals surface area (Å²) in [4.78, 5) is 23.6. The number of anilines is 1. The lowest BCUT2D eigenvalue weighted by Crippen LogP contribution is -2.15. The van der Waals surface area contributed by atoms with Crippen LogP contribution >= 0.6 is 0 Å². The third kappa shape index (κ3) is 6.40. The summed E-state index contributed by atoms with van der Waals surface area (Å²) in [6.45, 7) is 2.27. The van der Waals surface area contributed by atoms with Crippen molar-refractivity contribution in [1.29, 1.82) is 0 Å². The molecule has 0 aliphatic heterocycles. The summed E-state index contributed by atoms with van der Waals surface area (Å²) in [6.07, 6.45) is -4.06. The number of carbonyl (C=O) groups excluding carboxylic acids is 1. The molecule has 4 aromatic rings. The first-order valence-corrected chi connectivity index (χ1v) is 12.4. The predicted octanol–water partition coefficient (Wildman–Crippen LogP) is 6.40. The standard InChI is InChI=1S/C30H29F3N4O3/c1-18(22-7-5-6-8-24(22)30(31,32)33)40-26-15-21(13-14-23(26)29(38)39-4)27-28(34)35-16-25(36-27)20-11-9-19(10-12-20)17-37(2)3/h5-16,18H,17H2,1-4H3,(H2,34,35). The van der Waals surface area contributed by atoms with Gasteiger partial charge in [-0.15, -0.1) is 0 Å². The molecule has 1 aromatic heterocycles. The largest absolute Gasteiger partial charge is 0.485 e. The number of nitrogens with two attached hydrogens (primary N) is 1. The minimum absolute atomic E-state index is 0.0217. The number of carbonyl (C=O) groups is 1. The molecule has 0 fully saturated rings. The lowest BCUT2D eigenvalue weighted by atomic mass is 10.0. The fourth-order valence-corrected chi connectivity index (χ4v) is 4.31. The molecule has 0 bridgehead atoms. The number of hydrogen-bond donors (Lipinski definition) is 1. The molecule has 1 unspecified atom stereocenters. The minimum atomic E-state index is -4.57. The zero-order chi connectivity index (χ0) is 29.0. The van der Waals surface area contributed by atoms with Crippen LogP contribution < -0.4 is 10.5 Å². The lowest BCUT2D eigenvalue weighted by molar-refractivity contribution is -0.139. The van der Waals surface area contributed by atoms with E-state index in [1.165, 1.54) is 44.4 Å². The van der Waals surface area contributed by atoms with Crippen molar-refractivity contribution in [1.82, 2.24) is 14.9 Å². The molecule has 2 N–H and O–H groups in total. The van der Waals surface area contributed by atoms with Crippen molar-refractivity contribution in [3.05, 3.63) is 95.2 Å². The van der Waals surface area contributed by atoms with Crippen LogP contribution in [0.2, 0.25) is 0 Å². The summed E-state index contributed by atoms with van der Waals surface area (Å²) in [6, 6.07) is 17.6. The number of nitrogen functional groups attached to an aromatic ring is 1. The maximum Gasteiger partial charge on any atom is 0.416 e. The van der Waals surface area contributed by atoms with Crippen molar-refractivity contribution in [2.75, 3.05) is 26.9 Å². The summed E-state index contributed by atoms with van der Waals surface area (Å²) < 4.78 is 51.7. The van der Waals surface area contributed by atoms with E-state index in [2.05, 4.69) is 9.88 Å². The average Bonchev–Trinajstić information content (AvgIpc) is 2.92. The van der Waals surface area contributed by atoms with Gasteiger partial charge in [0.25, 0.3) is 0 Å². The van der Waals surface area contributed by atoms with Crippen LogP contribution in [0.4, 0.5) is 19.0 Å². The first-order valence-electron chi connectivity index (χ1n) is 12.4. The predicted molar refractivity (Wildman–Crippen MR) is 147 cm³/mol. The molecule has 0 aliphatic carbocycles. The number of rotatable bonds is 8. The third-order valence-corrected chi connectivity index (χ3v) is 6.22. The molecular formula is C30H29F3N4O3. The van der Waals surface area contributed by atoms with Crippen molar-refractivity contribution in [2.45, 2.75) is 25.7 Å². The van der Waals surface area contributed by atoms with Crippen LogP contribution in [0.3, 0.4) is 0 Å². The van der Waals surface area contributed by atoms with E-state index in [4.69, 9.17) is 20.2 Å². The molecule has 1 heterocycles. The van der Waals surface area contributed by atoms with Crippen LogP contribution in [0, 0.1) is 0 Å². The number of methoxy groups -OCH3 is 1. The molecule has 0 aliphatic rings. The molecule has 0 amide bonds. The van der Waals surface area contributed by atoms with Gasteiger partial charge in [-0.25, -0.2) is 14.8 Å². The molecule has 0 radical (unpaired) electrons. The van der Waals surface area contributed by atoms with Gasteiger partial charge >= 0.3 is 12.1 Å². The fraction of sp³-hybridized carbons (Fsp3) is 0.233. The zero-order valence-electron chi connectivity index (χ0n) is 22.5. The quantitative estimate of drug-likeness (QED) is 0.254. The number of hydrogen-bond acceptors (Lipinski definition) is 7. The summed E-state index contributed by atoms with van der Waals surface area (Å²) in [7, 11) is 5.19. The Morgan fingerprint density at radius 1 is 1.02 bits per heavy atom. The maximum atomic E-state index is 13.6. The van der Waals surface area contributed by atoms with E-state index in [9.17, 15) is 18.0 Å². The van der Waals surface area contributed by atoms with E-state index in [1.807, 2.05) is 38.4 Å². The molecule has 3 aromatic carbocycles. The number of nitrogens with zero attached hydrogens (tertiary/aromatic N) is 3. The second kappa shape index (κ2) is 11.7. The molecule has 40 heavy (non-hydrogen) atoms. The summed E-state index contributed by atoms with van der Waals surface area (Å²) >= 11 is 0. The molecular weight excluding hydrogens is 521 g/mol. The van der Waals surface area contributed by atoms with E-state index >= 15 is 0 Å². The Morgan fingerprint density at radius 2 is 1.70 bits per heavy atom. The Balaban J connectivity index is 1.73. The number of aromatic nitrogens is 2. The molecule has 4 rings (SSSR count). The monoisotopic (exact) mass is 550 g/mol. The highest BCUT2D eigenvalue weighted by atomic mass is 19.4. The van der Waals surface area contributed by atoms with Crippen molar-refractivity contribution in [3.8, 4) is 28.3 Å². The van der Waals surface area contributed by atoms with Gasteiger partial charge in [0.2, 0.25) is 0 Å². The third-order valence-electron chi connectivity index (χ3n) is 6.22. The van der Waals surface area contributed by atoms with Gasteiger partial charge in [0.1, 0.15) is 28.9 Å². The summed E-state index contributed by atoms with van der Waals surface area (Å²) in [5.41, 5.74) is 8.67. The van der Waals surface area contributed by atoms with Gasteiger partial charge in [0, 0.05) is 23.2 Å². The average molecular weight is 551 g/mol. The Hall–Kier alpha value is -4.44. The second-order valence-electron chi connectivity index (χ2n) is 9.47. The molecule has 0 spiro atoms. The highest BCUT2D eigenvalue weighted by Gasteiger charge is 2.35. The van der Waals surface area contributed by atoms with E-state index in [0.717, 1.165) is 23.7 Å². The molecule has 10 heteroatoms. The van der Waals surface area contributed by atoms with E-state index in [1.54, 1.807) is 12.3 Å². The molecule has 208 valence electrons. The summed E-state index contributed by atoms with van der Waals surface area (Å²) in [5, 5.41) is 0. The van der Waals surface area contributed by atoms with Crippen molar-refractivity contribution in [2.24, 2.45) is 0 Å².